The van der Waals surface area contributed by atoms with Gasteiger partial charge in [0.2, 0.25) is 0 Å². The molecule has 5 heteroatoms. The van der Waals surface area contributed by atoms with Crippen LogP contribution in [0, 0.1) is 17.8 Å². The number of benzene rings is 2. The standard InChI is InChI=1S/C31H38N2O3/c34-31(26-10-4-1-5-11-26,27-12-6-2-7-13-27)30-20-29(36-32-30)22-33-18-16-24(17-19-33)25(21-33)23-35-28-14-8-3-9-15-28/h1,3-5,8-11,14-15,20,24-25,27H,2,6-7,12-13,16-19,21-23H2/t24?,25?,31-,33?/m1/s1. The topological polar surface area (TPSA) is 58.3 Å². The van der Waals surface area contributed by atoms with E-state index < -0.39 is 5.60 Å². The predicted molar refractivity (Wildman–Crippen MR) is 137 cm³/mol. The Morgan fingerprint density at radius 2 is 1.61 bits per heavy atom. The van der Waals surface area contributed by atoms with E-state index in [1.54, 1.807) is 0 Å². The Hall–Kier alpha value is -2.63. The summed E-state index contributed by atoms with van der Waals surface area (Å²) in [7, 11) is 0. The van der Waals surface area contributed by atoms with E-state index in [0.29, 0.717) is 11.6 Å². The minimum absolute atomic E-state index is 0.0592. The summed E-state index contributed by atoms with van der Waals surface area (Å²) in [5, 5.41) is 19.1. The van der Waals surface area contributed by atoms with Gasteiger partial charge in [-0.05, 0) is 29.6 Å². The van der Waals surface area contributed by atoms with Crippen molar-refractivity contribution >= 4 is 0 Å². The van der Waals surface area contributed by atoms with Gasteiger partial charge < -0.3 is 18.8 Å². The molecule has 2 bridgehead atoms. The highest BCUT2D eigenvalue weighted by molar-refractivity contribution is 5.33. The normalized spacial score (nSPS) is 28.0. The van der Waals surface area contributed by atoms with Crippen molar-refractivity contribution in [3.05, 3.63) is 83.7 Å². The Labute approximate surface area is 214 Å². The van der Waals surface area contributed by atoms with Crippen LogP contribution < -0.4 is 9.84 Å². The molecule has 1 aromatic heterocycles. The molecule has 2 aromatic carbocycles. The van der Waals surface area contributed by atoms with Crippen molar-refractivity contribution in [1.82, 2.24) is 5.16 Å². The van der Waals surface area contributed by atoms with E-state index in [1.165, 1.54) is 32.4 Å². The Morgan fingerprint density at radius 1 is 0.917 bits per heavy atom. The van der Waals surface area contributed by atoms with Gasteiger partial charge in [0.25, 0.3) is 0 Å². The van der Waals surface area contributed by atoms with Crippen LogP contribution in [0.5, 0.6) is 5.75 Å². The lowest BCUT2D eigenvalue weighted by Gasteiger charge is -2.52. The van der Waals surface area contributed by atoms with E-state index >= 15 is 0 Å². The van der Waals surface area contributed by atoms with Crippen molar-refractivity contribution in [3.63, 3.8) is 0 Å². The molecule has 5 nitrogen and oxygen atoms in total. The minimum atomic E-state index is -1.34. The lowest BCUT2D eigenvalue weighted by atomic mass is 9.71. The number of hydrogen-bond donors (Lipinski definition) is 0. The van der Waals surface area contributed by atoms with E-state index in [9.17, 15) is 5.11 Å². The van der Waals surface area contributed by atoms with Crippen LogP contribution >= 0.6 is 0 Å². The van der Waals surface area contributed by atoms with E-state index in [4.69, 9.17) is 9.26 Å². The smallest absolute Gasteiger partial charge is 0.191 e. The van der Waals surface area contributed by atoms with Crippen LogP contribution in [0.3, 0.4) is 0 Å². The number of hydrogen-bond acceptors (Lipinski definition) is 4. The first kappa shape index (κ1) is 23.7. The molecule has 3 aromatic rings. The lowest BCUT2D eigenvalue weighted by Crippen LogP contribution is -2.62. The molecule has 4 fully saturated rings. The molecular weight excluding hydrogens is 448 g/mol. The number of ether oxygens (including phenoxy) is 1. The molecule has 3 aliphatic heterocycles. The zero-order valence-corrected chi connectivity index (χ0v) is 21.2. The van der Waals surface area contributed by atoms with E-state index in [-0.39, 0.29) is 5.92 Å². The van der Waals surface area contributed by atoms with Gasteiger partial charge in [-0.15, -0.1) is 0 Å². The summed E-state index contributed by atoms with van der Waals surface area (Å²) in [6.45, 7) is 5.04. The molecule has 2 atom stereocenters. The number of quaternary nitrogens is 1. The zero-order chi connectivity index (χ0) is 24.4. The van der Waals surface area contributed by atoms with Gasteiger partial charge in [0.15, 0.2) is 5.76 Å². The molecule has 1 aliphatic carbocycles. The maximum Gasteiger partial charge on any atom is 0.191 e. The third kappa shape index (κ3) is 4.59. The van der Waals surface area contributed by atoms with E-state index in [1.807, 2.05) is 66.7 Å². The first-order valence-electron chi connectivity index (χ1n) is 13.9. The van der Waals surface area contributed by atoms with Crippen LogP contribution in [0.4, 0.5) is 0 Å². The summed E-state index contributed by atoms with van der Waals surface area (Å²) in [6, 6.07) is 22.0. The molecule has 4 heterocycles. The molecule has 190 valence electrons. The molecular formula is C31H38N2O3. The second kappa shape index (κ2) is 10.0. The van der Waals surface area contributed by atoms with Gasteiger partial charge in [0, 0.05) is 24.8 Å². The number of aromatic nitrogens is 1. The Morgan fingerprint density at radius 3 is 2.33 bits per heavy atom. The first-order chi connectivity index (χ1) is 17.6. The van der Waals surface area contributed by atoms with Crippen LogP contribution in [0.25, 0.3) is 0 Å². The molecule has 3 saturated heterocycles. The maximum absolute atomic E-state index is 14.7. The number of piperidine rings is 3. The molecule has 4 aliphatic rings. The lowest BCUT2D eigenvalue weighted by molar-refractivity contribution is -0.960. The number of para-hydroxylation sites is 1. The second-order valence-corrected chi connectivity index (χ2v) is 11.5. The summed E-state index contributed by atoms with van der Waals surface area (Å²) >= 11 is 0. The second-order valence-electron chi connectivity index (χ2n) is 11.5. The zero-order valence-electron chi connectivity index (χ0n) is 21.2. The van der Waals surface area contributed by atoms with Gasteiger partial charge in [-0.2, -0.15) is 0 Å². The summed E-state index contributed by atoms with van der Waals surface area (Å²) in [5.74, 6) is 3.18. The molecule has 0 amide bonds. The summed E-state index contributed by atoms with van der Waals surface area (Å²) in [6.07, 6.45) is 7.88. The van der Waals surface area contributed by atoms with Gasteiger partial charge in [0.05, 0.1) is 31.9 Å². The molecule has 0 spiro atoms. The highest BCUT2D eigenvalue weighted by Crippen LogP contribution is 2.43. The van der Waals surface area contributed by atoms with Crippen molar-refractivity contribution < 1.29 is 18.8 Å². The summed E-state index contributed by atoms with van der Waals surface area (Å²) in [4.78, 5) is 0. The average Bonchev–Trinajstić information content (AvgIpc) is 3.42. The third-order valence-corrected chi connectivity index (χ3v) is 9.26. The van der Waals surface area contributed by atoms with Crippen molar-refractivity contribution in [3.8, 4) is 5.75 Å². The molecule has 36 heavy (non-hydrogen) atoms. The van der Waals surface area contributed by atoms with E-state index in [0.717, 1.165) is 72.9 Å². The average molecular weight is 487 g/mol. The largest absolute Gasteiger partial charge is 0.841 e. The van der Waals surface area contributed by atoms with Crippen LogP contribution in [0.15, 0.2) is 71.3 Å². The van der Waals surface area contributed by atoms with Crippen LogP contribution in [-0.2, 0) is 12.1 Å². The van der Waals surface area contributed by atoms with Gasteiger partial charge in [0.1, 0.15) is 12.3 Å². The Kier molecular flexibility index (Phi) is 6.61. The van der Waals surface area contributed by atoms with Crippen LogP contribution in [-0.4, -0.2) is 35.9 Å². The Balaban J connectivity index is 1.20. The van der Waals surface area contributed by atoms with Gasteiger partial charge in [-0.3, -0.25) is 0 Å². The first-order valence-corrected chi connectivity index (χ1v) is 13.9. The van der Waals surface area contributed by atoms with Crippen LogP contribution in [0.2, 0.25) is 0 Å². The fourth-order valence-electron chi connectivity index (χ4n) is 7.25. The van der Waals surface area contributed by atoms with Crippen molar-refractivity contribution in [2.45, 2.75) is 57.1 Å². The monoisotopic (exact) mass is 486 g/mol. The number of rotatable bonds is 8. The third-order valence-electron chi connectivity index (χ3n) is 9.26. The van der Waals surface area contributed by atoms with Crippen molar-refractivity contribution in [2.24, 2.45) is 17.8 Å². The fourth-order valence-corrected chi connectivity index (χ4v) is 7.25. The molecule has 1 unspecified atom stereocenters. The SMILES string of the molecule is [O-][C@@](c1ccccc1)(c1cc(C[N+]23CCC(CC2)C(COc2ccccc2)C3)on1)C1CCCCC1. The predicted octanol–water partition coefficient (Wildman–Crippen LogP) is 5.29. The molecule has 0 N–H and O–H groups in total. The summed E-state index contributed by atoms with van der Waals surface area (Å²) < 4.78 is 13.1. The Bertz CT molecular complexity index is 1120. The van der Waals surface area contributed by atoms with Gasteiger partial charge in [-0.1, -0.05) is 91.4 Å². The number of nitrogens with zero attached hydrogens (tertiary/aromatic N) is 2. The molecule has 7 rings (SSSR count). The van der Waals surface area contributed by atoms with Gasteiger partial charge >= 0.3 is 0 Å². The highest BCUT2D eigenvalue weighted by atomic mass is 16.5. The quantitative estimate of drug-likeness (QED) is 0.406. The number of fused-ring (bicyclic) bond motifs is 3. The highest BCUT2D eigenvalue weighted by Gasteiger charge is 2.47. The van der Waals surface area contributed by atoms with Crippen LogP contribution in [0.1, 0.15) is 62.0 Å². The maximum atomic E-state index is 14.7. The molecule has 0 radical (unpaired) electrons. The van der Waals surface area contributed by atoms with E-state index in [2.05, 4.69) is 5.16 Å². The fraction of sp³-hybridized carbons (Fsp3) is 0.516. The minimum Gasteiger partial charge on any atom is -0.841 e. The summed E-state index contributed by atoms with van der Waals surface area (Å²) in [5.41, 5.74) is 0.0510. The van der Waals surface area contributed by atoms with Crippen molar-refractivity contribution in [1.29, 1.82) is 0 Å². The van der Waals surface area contributed by atoms with Gasteiger partial charge in [-0.25, -0.2) is 0 Å². The molecule has 1 saturated carbocycles. The van der Waals surface area contributed by atoms with Crippen molar-refractivity contribution in [2.75, 3.05) is 26.2 Å².